The molecule has 1 atom stereocenters. The van der Waals surface area contributed by atoms with Crippen LogP contribution in [0.4, 0.5) is 0 Å². The molecule has 1 amide bonds. The highest BCUT2D eigenvalue weighted by Crippen LogP contribution is 2.18. The number of nitrogens with zero attached hydrogens (tertiary/aromatic N) is 2. The fraction of sp³-hybridized carbons (Fsp3) is 0.263. The first-order chi connectivity index (χ1) is 11.1. The molecule has 0 aliphatic carbocycles. The lowest BCUT2D eigenvalue weighted by Crippen LogP contribution is -2.36. The largest absolute Gasteiger partial charge is 0.349 e. The molecule has 1 aromatic heterocycles. The van der Waals surface area contributed by atoms with Crippen LogP contribution in [0.2, 0.25) is 0 Å². The molecule has 1 N–H and O–H groups in total. The molecule has 2 aromatic carbocycles. The maximum absolute atomic E-state index is 12.2. The van der Waals surface area contributed by atoms with Gasteiger partial charge in [0.15, 0.2) is 0 Å². The zero-order valence-corrected chi connectivity index (χ0v) is 13.7. The minimum atomic E-state index is -0.0340. The van der Waals surface area contributed by atoms with Crippen LogP contribution in [0.15, 0.2) is 54.9 Å². The number of fused-ring (bicyclic) bond motifs is 1. The molecule has 0 saturated heterocycles. The third-order valence-corrected chi connectivity index (χ3v) is 4.22. The quantitative estimate of drug-likeness (QED) is 0.797. The molecule has 0 spiro atoms. The zero-order valence-electron chi connectivity index (χ0n) is 13.7. The summed E-state index contributed by atoms with van der Waals surface area (Å²) in [7, 11) is 0. The molecule has 3 aromatic rings. The monoisotopic (exact) mass is 307 g/mol. The molecule has 1 unspecified atom stereocenters. The van der Waals surface area contributed by atoms with E-state index < -0.39 is 0 Å². The summed E-state index contributed by atoms with van der Waals surface area (Å²) in [5, 5.41) is 3.02. The molecule has 4 heteroatoms. The minimum absolute atomic E-state index is 0.0340. The lowest BCUT2D eigenvalue weighted by atomic mass is 10.1. The van der Waals surface area contributed by atoms with E-state index in [4.69, 9.17) is 0 Å². The van der Waals surface area contributed by atoms with Gasteiger partial charge in [-0.15, -0.1) is 0 Å². The van der Waals surface area contributed by atoms with Crippen LogP contribution in [0.3, 0.4) is 0 Å². The van der Waals surface area contributed by atoms with Crippen LogP contribution < -0.4 is 5.32 Å². The van der Waals surface area contributed by atoms with E-state index in [1.54, 1.807) is 6.33 Å². The van der Waals surface area contributed by atoms with Crippen LogP contribution in [-0.4, -0.2) is 21.5 Å². The molecule has 3 rings (SSSR count). The Labute approximate surface area is 136 Å². The van der Waals surface area contributed by atoms with Crippen molar-refractivity contribution in [3.05, 3.63) is 60.4 Å². The Morgan fingerprint density at radius 3 is 2.43 bits per heavy atom. The molecule has 118 valence electrons. The molecule has 0 saturated carbocycles. The van der Waals surface area contributed by atoms with Gasteiger partial charge in [-0.1, -0.05) is 26.0 Å². The number of hydrogen-bond donors (Lipinski definition) is 1. The lowest BCUT2D eigenvalue weighted by molar-refractivity contribution is 0.0930. The van der Waals surface area contributed by atoms with Crippen LogP contribution in [0.5, 0.6) is 0 Å². The van der Waals surface area contributed by atoms with Crippen molar-refractivity contribution in [2.45, 2.75) is 26.8 Å². The van der Waals surface area contributed by atoms with Crippen molar-refractivity contribution in [1.29, 1.82) is 0 Å². The molecule has 0 bridgehead atoms. The molecular weight excluding hydrogens is 286 g/mol. The number of amides is 1. The van der Waals surface area contributed by atoms with Gasteiger partial charge in [-0.3, -0.25) is 9.36 Å². The number of benzene rings is 2. The van der Waals surface area contributed by atoms with E-state index in [1.165, 1.54) is 0 Å². The lowest BCUT2D eigenvalue weighted by Gasteiger charge is -2.17. The summed E-state index contributed by atoms with van der Waals surface area (Å²) in [4.78, 5) is 16.6. The average molecular weight is 307 g/mol. The maximum Gasteiger partial charge on any atom is 0.251 e. The number of carbonyl (C=O) groups is 1. The summed E-state index contributed by atoms with van der Waals surface area (Å²) in [6.45, 7) is 6.21. The van der Waals surface area contributed by atoms with Gasteiger partial charge in [0.1, 0.15) is 6.33 Å². The molecular formula is C19H21N3O. The summed E-state index contributed by atoms with van der Waals surface area (Å²) >= 11 is 0. The first-order valence-corrected chi connectivity index (χ1v) is 7.89. The Hall–Kier alpha value is -2.62. The van der Waals surface area contributed by atoms with Gasteiger partial charge >= 0.3 is 0 Å². The van der Waals surface area contributed by atoms with Gasteiger partial charge in [0.05, 0.1) is 11.0 Å². The van der Waals surface area contributed by atoms with E-state index in [9.17, 15) is 4.79 Å². The van der Waals surface area contributed by atoms with Crippen LogP contribution in [-0.2, 0) is 0 Å². The van der Waals surface area contributed by atoms with E-state index in [1.807, 2.05) is 60.0 Å². The number of rotatable bonds is 4. The Kier molecular flexibility index (Phi) is 4.15. The number of hydrogen-bond acceptors (Lipinski definition) is 2. The first-order valence-electron chi connectivity index (χ1n) is 7.89. The predicted octanol–water partition coefficient (Wildman–Crippen LogP) is 3.80. The van der Waals surface area contributed by atoms with Gasteiger partial charge in [-0.2, -0.15) is 0 Å². The number of para-hydroxylation sites is 2. The summed E-state index contributed by atoms with van der Waals surface area (Å²) in [5.74, 6) is 0.378. The second kappa shape index (κ2) is 6.24. The fourth-order valence-electron chi connectivity index (χ4n) is 2.40. The standard InChI is InChI=1S/C19H21N3O/c1-13(2)14(3)21-19(23)15-8-10-16(11-9-15)22-12-20-17-6-4-5-7-18(17)22/h4-14H,1-3H3,(H,21,23). The smallest absolute Gasteiger partial charge is 0.251 e. The van der Waals surface area contributed by atoms with E-state index in [-0.39, 0.29) is 11.9 Å². The van der Waals surface area contributed by atoms with Crippen molar-refractivity contribution in [2.24, 2.45) is 5.92 Å². The molecule has 4 nitrogen and oxygen atoms in total. The third kappa shape index (κ3) is 3.11. The third-order valence-electron chi connectivity index (χ3n) is 4.22. The van der Waals surface area contributed by atoms with Gasteiger partial charge in [-0.25, -0.2) is 4.98 Å². The summed E-state index contributed by atoms with van der Waals surface area (Å²) in [6, 6.07) is 15.7. The molecule has 0 fully saturated rings. The van der Waals surface area contributed by atoms with Crippen LogP contribution in [0, 0.1) is 5.92 Å². The van der Waals surface area contributed by atoms with Gasteiger partial charge < -0.3 is 5.32 Å². The van der Waals surface area contributed by atoms with Crippen molar-refractivity contribution >= 4 is 16.9 Å². The van der Waals surface area contributed by atoms with Crippen LogP contribution in [0.1, 0.15) is 31.1 Å². The highest BCUT2D eigenvalue weighted by Gasteiger charge is 2.12. The normalized spacial score (nSPS) is 12.5. The Morgan fingerprint density at radius 2 is 1.74 bits per heavy atom. The van der Waals surface area contributed by atoms with Gasteiger partial charge in [0.2, 0.25) is 0 Å². The highest BCUT2D eigenvalue weighted by atomic mass is 16.1. The molecule has 0 radical (unpaired) electrons. The minimum Gasteiger partial charge on any atom is -0.349 e. The molecule has 1 heterocycles. The van der Waals surface area contributed by atoms with E-state index >= 15 is 0 Å². The van der Waals surface area contributed by atoms with Crippen molar-refractivity contribution in [1.82, 2.24) is 14.9 Å². The van der Waals surface area contributed by atoms with E-state index in [0.29, 0.717) is 11.5 Å². The second-order valence-corrected chi connectivity index (χ2v) is 6.16. The van der Waals surface area contributed by atoms with Gasteiger partial charge in [0.25, 0.3) is 5.91 Å². The molecule has 23 heavy (non-hydrogen) atoms. The Morgan fingerprint density at radius 1 is 1.04 bits per heavy atom. The number of aromatic nitrogens is 2. The number of imidazole rings is 1. The molecule has 0 aliphatic rings. The van der Waals surface area contributed by atoms with Crippen LogP contribution >= 0.6 is 0 Å². The maximum atomic E-state index is 12.2. The average Bonchev–Trinajstić information content (AvgIpc) is 2.99. The van der Waals surface area contributed by atoms with Gasteiger partial charge in [0, 0.05) is 17.3 Å². The van der Waals surface area contributed by atoms with E-state index in [2.05, 4.69) is 24.1 Å². The Bertz CT molecular complexity index is 818. The fourth-order valence-corrected chi connectivity index (χ4v) is 2.40. The number of carbonyl (C=O) groups excluding carboxylic acids is 1. The summed E-state index contributed by atoms with van der Waals surface area (Å²) in [5.41, 5.74) is 3.68. The highest BCUT2D eigenvalue weighted by molar-refractivity contribution is 5.94. The van der Waals surface area contributed by atoms with Gasteiger partial charge in [-0.05, 0) is 49.2 Å². The Balaban J connectivity index is 1.83. The summed E-state index contributed by atoms with van der Waals surface area (Å²) in [6.07, 6.45) is 1.81. The topological polar surface area (TPSA) is 46.9 Å². The van der Waals surface area contributed by atoms with Crippen molar-refractivity contribution in [2.75, 3.05) is 0 Å². The zero-order chi connectivity index (χ0) is 16.4. The van der Waals surface area contributed by atoms with Crippen molar-refractivity contribution in [3.63, 3.8) is 0 Å². The van der Waals surface area contributed by atoms with E-state index in [0.717, 1.165) is 16.7 Å². The van der Waals surface area contributed by atoms with Crippen molar-refractivity contribution in [3.8, 4) is 5.69 Å². The first kappa shape index (κ1) is 15.3. The number of nitrogens with one attached hydrogen (secondary N) is 1. The molecule has 0 aliphatic heterocycles. The predicted molar refractivity (Wildman–Crippen MR) is 92.8 cm³/mol. The van der Waals surface area contributed by atoms with Crippen molar-refractivity contribution < 1.29 is 4.79 Å². The summed E-state index contributed by atoms with van der Waals surface area (Å²) < 4.78 is 2.02. The van der Waals surface area contributed by atoms with Crippen LogP contribution in [0.25, 0.3) is 16.7 Å². The second-order valence-electron chi connectivity index (χ2n) is 6.16. The SMILES string of the molecule is CC(C)C(C)NC(=O)c1ccc(-n2cnc3ccccc32)cc1.